The van der Waals surface area contributed by atoms with Crippen molar-refractivity contribution in [3.05, 3.63) is 46.7 Å². The maximum Gasteiger partial charge on any atom is 0.276 e. The molecule has 25 heavy (non-hydrogen) atoms. The number of carbonyl (C=O) groups is 1. The predicted molar refractivity (Wildman–Crippen MR) is 95.6 cm³/mol. The van der Waals surface area contributed by atoms with Crippen LogP contribution in [0.15, 0.2) is 30.5 Å². The van der Waals surface area contributed by atoms with Gasteiger partial charge in [-0.3, -0.25) is 4.79 Å². The third kappa shape index (κ3) is 3.41. The number of benzene rings is 1. The van der Waals surface area contributed by atoms with Crippen molar-refractivity contribution in [2.75, 3.05) is 19.6 Å². The molecule has 0 bridgehead atoms. The lowest BCUT2D eigenvalue weighted by atomic mass is 10.0. The summed E-state index contributed by atoms with van der Waals surface area (Å²) >= 11 is 6.12. The number of carbonyl (C=O) groups excluding carboxylic acids is 1. The molecule has 2 aliphatic heterocycles. The number of piperidine rings is 1. The summed E-state index contributed by atoms with van der Waals surface area (Å²) in [6.45, 7) is 2.71. The van der Waals surface area contributed by atoms with E-state index in [1.54, 1.807) is 0 Å². The van der Waals surface area contributed by atoms with Gasteiger partial charge in [-0.1, -0.05) is 28.9 Å². The van der Waals surface area contributed by atoms with Gasteiger partial charge in [0.2, 0.25) is 0 Å². The molecule has 0 aliphatic carbocycles. The van der Waals surface area contributed by atoms with Gasteiger partial charge in [0.1, 0.15) is 0 Å². The van der Waals surface area contributed by atoms with E-state index in [0.717, 1.165) is 50.9 Å². The Morgan fingerprint density at radius 2 is 2.08 bits per heavy atom. The van der Waals surface area contributed by atoms with Gasteiger partial charge in [0.25, 0.3) is 5.91 Å². The second-order valence-corrected chi connectivity index (χ2v) is 7.21. The largest absolute Gasteiger partial charge is 0.330 e. The summed E-state index contributed by atoms with van der Waals surface area (Å²) in [5.74, 6) is -0.0392. The number of aromatic nitrogens is 3. The quantitative estimate of drug-likeness (QED) is 0.915. The molecule has 7 heteroatoms. The summed E-state index contributed by atoms with van der Waals surface area (Å²) in [5, 5.41) is 12.4. The van der Waals surface area contributed by atoms with Crippen LogP contribution < -0.4 is 5.32 Å². The van der Waals surface area contributed by atoms with Gasteiger partial charge in [0.05, 0.1) is 18.3 Å². The minimum Gasteiger partial charge on any atom is -0.330 e. The summed E-state index contributed by atoms with van der Waals surface area (Å²) in [4.78, 5) is 14.9. The molecule has 0 spiro atoms. The van der Waals surface area contributed by atoms with Crippen LogP contribution in [0.2, 0.25) is 5.02 Å². The highest BCUT2D eigenvalue weighted by atomic mass is 35.5. The van der Waals surface area contributed by atoms with Crippen LogP contribution in [0.3, 0.4) is 0 Å². The van der Waals surface area contributed by atoms with Gasteiger partial charge in [-0.15, -0.1) is 5.10 Å². The summed E-state index contributed by atoms with van der Waals surface area (Å²) in [6.07, 6.45) is 5.79. The maximum atomic E-state index is 13.0. The molecule has 2 aliphatic rings. The number of amides is 1. The van der Waals surface area contributed by atoms with Crippen molar-refractivity contribution in [1.82, 2.24) is 25.2 Å². The Morgan fingerprint density at radius 1 is 1.24 bits per heavy atom. The highest BCUT2D eigenvalue weighted by molar-refractivity contribution is 6.30. The molecule has 1 atom stereocenters. The minimum atomic E-state index is -0.0392. The first-order valence-electron chi connectivity index (χ1n) is 8.91. The third-order valence-corrected chi connectivity index (χ3v) is 5.39. The van der Waals surface area contributed by atoms with E-state index in [1.807, 2.05) is 40.0 Å². The fourth-order valence-electron chi connectivity index (χ4n) is 3.84. The smallest absolute Gasteiger partial charge is 0.276 e. The van der Waals surface area contributed by atoms with Crippen molar-refractivity contribution >= 4 is 17.5 Å². The SMILES string of the molecule is O=C(c1cn(C2CCNCC2)nn1)N1CCCC1c1cccc(Cl)c1. The minimum absolute atomic E-state index is 0.0392. The first-order chi connectivity index (χ1) is 12.2. The molecule has 1 N–H and O–H groups in total. The lowest BCUT2D eigenvalue weighted by molar-refractivity contribution is 0.0729. The summed E-state index contributed by atoms with van der Waals surface area (Å²) in [7, 11) is 0. The number of halogens is 1. The summed E-state index contributed by atoms with van der Waals surface area (Å²) in [6, 6.07) is 8.17. The van der Waals surface area contributed by atoms with E-state index in [2.05, 4.69) is 15.6 Å². The summed E-state index contributed by atoms with van der Waals surface area (Å²) < 4.78 is 1.86. The second-order valence-electron chi connectivity index (χ2n) is 6.78. The molecular formula is C18H22ClN5O. The van der Waals surface area contributed by atoms with Gasteiger partial charge in [0, 0.05) is 11.6 Å². The van der Waals surface area contributed by atoms with E-state index in [-0.39, 0.29) is 11.9 Å². The Bertz CT molecular complexity index is 755. The van der Waals surface area contributed by atoms with E-state index in [1.165, 1.54) is 0 Å². The van der Waals surface area contributed by atoms with E-state index in [9.17, 15) is 4.79 Å². The highest BCUT2D eigenvalue weighted by Crippen LogP contribution is 2.34. The van der Waals surface area contributed by atoms with E-state index in [0.29, 0.717) is 16.8 Å². The molecule has 3 heterocycles. The molecule has 0 saturated carbocycles. The van der Waals surface area contributed by atoms with Crippen LogP contribution in [0.25, 0.3) is 0 Å². The molecule has 4 rings (SSSR count). The second kappa shape index (κ2) is 7.14. The Labute approximate surface area is 152 Å². The van der Waals surface area contributed by atoms with Crippen molar-refractivity contribution in [3.63, 3.8) is 0 Å². The standard InChI is InChI=1S/C18H22ClN5O/c19-14-4-1-3-13(11-14)17-5-2-10-23(17)18(25)16-12-24(22-21-16)15-6-8-20-9-7-15/h1,3-4,11-12,15,17,20H,2,5-10H2. The first-order valence-corrected chi connectivity index (χ1v) is 9.29. The van der Waals surface area contributed by atoms with Gasteiger partial charge >= 0.3 is 0 Å². The lowest BCUT2D eigenvalue weighted by Crippen LogP contribution is -2.31. The predicted octanol–water partition coefficient (Wildman–Crippen LogP) is 2.83. The average molecular weight is 360 g/mol. The van der Waals surface area contributed by atoms with Crippen LogP contribution in [0.4, 0.5) is 0 Å². The molecule has 0 radical (unpaired) electrons. The lowest BCUT2D eigenvalue weighted by Gasteiger charge is -2.24. The normalized spacial score (nSPS) is 21.6. The highest BCUT2D eigenvalue weighted by Gasteiger charge is 2.32. The van der Waals surface area contributed by atoms with Gasteiger partial charge in [-0.05, 0) is 56.5 Å². The topological polar surface area (TPSA) is 63.1 Å². The van der Waals surface area contributed by atoms with E-state index in [4.69, 9.17) is 11.6 Å². The Hall–Kier alpha value is -1.92. The zero-order valence-electron chi connectivity index (χ0n) is 14.1. The number of likely N-dealkylation sites (tertiary alicyclic amines) is 1. The fourth-order valence-corrected chi connectivity index (χ4v) is 4.04. The molecule has 132 valence electrons. The number of rotatable bonds is 3. The van der Waals surface area contributed by atoms with Crippen LogP contribution in [-0.4, -0.2) is 45.4 Å². The molecule has 2 fully saturated rings. The van der Waals surface area contributed by atoms with Gasteiger partial charge in [0.15, 0.2) is 5.69 Å². The number of nitrogens with one attached hydrogen (secondary N) is 1. The maximum absolute atomic E-state index is 13.0. The molecular weight excluding hydrogens is 338 g/mol. The molecule has 1 unspecified atom stereocenters. The van der Waals surface area contributed by atoms with Gasteiger partial charge in [-0.2, -0.15) is 0 Å². The first kappa shape index (κ1) is 16.5. The van der Waals surface area contributed by atoms with Crippen LogP contribution in [-0.2, 0) is 0 Å². The molecule has 1 amide bonds. The molecule has 1 aromatic heterocycles. The van der Waals surface area contributed by atoms with Crippen LogP contribution in [0.1, 0.15) is 53.8 Å². The number of nitrogens with zero attached hydrogens (tertiary/aromatic N) is 4. The van der Waals surface area contributed by atoms with Gasteiger partial charge in [-0.25, -0.2) is 4.68 Å². The monoisotopic (exact) mass is 359 g/mol. The van der Waals surface area contributed by atoms with Crippen molar-refractivity contribution in [3.8, 4) is 0 Å². The van der Waals surface area contributed by atoms with Crippen molar-refractivity contribution in [2.24, 2.45) is 0 Å². The molecule has 6 nitrogen and oxygen atoms in total. The Balaban J connectivity index is 1.52. The Kier molecular flexibility index (Phi) is 4.72. The van der Waals surface area contributed by atoms with Crippen molar-refractivity contribution < 1.29 is 4.79 Å². The van der Waals surface area contributed by atoms with Crippen LogP contribution in [0, 0.1) is 0 Å². The molecule has 2 aromatic rings. The zero-order chi connectivity index (χ0) is 17.2. The van der Waals surface area contributed by atoms with E-state index >= 15 is 0 Å². The zero-order valence-corrected chi connectivity index (χ0v) is 14.8. The Morgan fingerprint density at radius 3 is 2.88 bits per heavy atom. The van der Waals surface area contributed by atoms with Gasteiger partial charge < -0.3 is 10.2 Å². The fraction of sp³-hybridized carbons (Fsp3) is 0.500. The van der Waals surface area contributed by atoms with E-state index < -0.39 is 0 Å². The molecule has 2 saturated heterocycles. The van der Waals surface area contributed by atoms with Crippen LogP contribution in [0.5, 0.6) is 0 Å². The third-order valence-electron chi connectivity index (χ3n) is 5.16. The van der Waals surface area contributed by atoms with Crippen molar-refractivity contribution in [1.29, 1.82) is 0 Å². The van der Waals surface area contributed by atoms with Crippen LogP contribution >= 0.6 is 11.6 Å². The number of hydrogen-bond donors (Lipinski definition) is 1. The summed E-state index contributed by atoms with van der Waals surface area (Å²) in [5.41, 5.74) is 1.52. The number of hydrogen-bond acceptors (Lipinski definition) is 4. The van der Waals surface area contributed by atoms with Crippen molar-refractivity contribution in [2.45, 2.75) is 37.8 Å². The molecule has 1 aromatic carbocycles. The average Bonchev–Trinajstić information content (AvgIpc) is 3.32.